The summed E-state index contributed by atoms with van der Waals surface area (Å²) in [5.74, 6) is 1.000. The molecular weight excluding hydrogens is 242 g/mol. The maximum Gasteiger partial charge on any atom is 0.407 e. The van der Waals surface area contributed by atoms with Crippen molar-refractivity contribution in [2.75, 3.05) is 26.3 Å². The third kappa shape index (κ3) is 2.59. The Morgan fingerprint density at radius 1 is 1.05 bits per heavy atom. The van der Waals surface area contributed by atoms with Crippen molar-refractivity contribution in [3.05, 3.63) is 35.4 Å². The molecule has 2 heterocycles. The minimum absolute atomic E-state index is 0.375. The number of rotatable bonds is 2. The van der Waals surface area contributed by atoms with E-state index in [1.54, 1.807) is 0 Å². The standard InChI is InChI=1S/C15H19NO3/c17-15(18)16-9-14(10-16)12-3-1-11(2-4-12)13-5-7-19-8-6-13/h1-4,13-14H,5-10H2,(H,17,18). The maximum absolute atomic E-state index is 10.7. The molecule has 1 N–H and O–H groups in total. The van der Waals surface area contributed by atoms with Gasteiger partial charge in [0, 0.05) is 32.2 Å². The van der Waals surface area contributed by atoms with Crippen molar-refractivity contribution in [3.8, 4) is 0 Å². The normalized spacial score (nSPS) is 21.2. The van der Waals surface area contributed by atoms with Crippen LogP contribution in [0, 0.1) is 0 Å². The summed E-state index contributed by atoms with van der Waals surface area (Å²) in [4.78, 5) is 12.2. The molecule has 19 heavy (non-hydrogen) atoms. The van der Waals surface area contributed by atoms with Crippen LogP contribution in [-0.4, -0.2) is 42.4 Å². The largest absolute Gasteiger partial charge is 0.465 e. The Hall–Kier alpha value is -1.55. The second-order valence-electron chi connectivity index (χ2n) is 5.44. The molecule has 0 radical (unpaired) electrons. The number of carboxylic acid groups (broad SMARTS) is 1. The van der Waals surface area contributed by atoms with Gasteiger partial charge in [0.25, 0.3) is 0 Å². The molecule has 2 aliphatic rings. The van der Waals surface area contributed by atoms with Crippen LogP contribution in [0.2, 0.25) is 0 Å². The zero-order chi connectivity index (χ0) is 13.2. The van der Waals surface area contributed by atoms with Gasteiger partial charge in [0.2, 0.25) is 0 Å². The first-order chi connectivity index (χ1) is 9.24. The fraction of sp³-hybridized carbons (Fsp3) is 0.533. The molecular formula is C15H19NO3. The van der Waals surface area contributed by atoms with Gasteiger partial charge < -0.3 is 14.7 Å². The lowest BCUT2D eigenvalue weighted by atomic mass is 9.87. The first kappa shape index (κ1) is 12.5. The zero-order valence-electron chi connectivity index (χ0n) is 10.9. The predicted molar refractivity (Wildman–Crippen MR) is 71.6 cm³/mol. The Morgan fingerprint density at radius 3 is 2.11 bits per heavy atom. The number of nitrogens with zero attached hydrogens (tertiary/aromatic N) is 1. The van der Waals surface area contributed by atoms with Gasteiger partial charge in [-0.25, -0.2) is 4.79 Å². The van der Waals surface area contributed by atoms with Crippen molar-refractivity contribution >= 4 is 6.09 Å². The van der Waals surface area contributed by atoms with Crippen LogP contribution >= 0.6 is 0 Å². The molecule has 4 heteroatoms. The van der Waals surface area contributed by atoms with E-state index in [4.69, 9.17) is 9.84 Å². The first-order valence-electron chi connectivity index (χ1n) is 6.89. The van der Waals surface area contributed by atoms with Crippen LogP contribution < -0.4 is 0 Å². The zero-order valence-corrected chi connectivity index (χ0v) is 10.9. The summed E-state index contributed by atoms with van der Waals surface area (Å²) in [5, 5.41) is 8.83. The van der Waals surface area contributed by atoms with Crippen LogP contribution in [0.5, 0.6) is 0 Å². The summed E-state index contributed by atoms with van der Waals surface area (Å²) < 4.78 is 5.38. The highest BCUT2D eigenvalue weighted by Crippen LogP contribution is 2.30. The second kappa shape index (κ2) is 5.21. The van der Waals surface area contributed by atoms with E-state index in [9.17, 15) is 4.79 Å². The quantitative estimate of drug-likeness (QED) is 0.890. The molecule has 2 aliphatic heterocycles. The monoisotopic (exact) mass is 261 g/mol. The Labute approximate surface area is 113 Å². The molecule has 1 amide bonds. The highest BCUT2D eigenvalue weighted by Gasteiger charge is 2.31. The number of likely N-dealkylation sites (tertiary alicyclic amines) is 1. The molecule has 0 saturated carbocycles. The predicted octanol–water partition coefficient (Wildman–Crippen LogP) is 2.66. The minimum Gasteiger partial charge on any atom is -0.465 e. The molecule has 2 saturated heterocycles. The molecule has 4 nitrogen and oxygen atoms in total. The highest BCUT2D eigenvalue weighted by atomic mass is 16.5. The lowest BCUT2D eigenvalue weighted by Gasteiger charge is -2.37. The van der Waals surface area contributed by atoms with Gasteiger partial charge in [0.15, 0.2) is 0 Å². The molecule has 102 valence electrons. The highest BCUT2D eigenvalue weighted by molar-refractivity contribution is 5.66. The van der Waals surface area contributed by atoms with Gasteiger partial charge in [-0.2, -0.15) is 0 Å². The number of amides is 1. The van der Waals surface area contributed by atoms with E-state index in [2.05, 4.69) is 24.3 Å². The molecule has 2 fully saturated rings. The third-order valence-electron chi connectivity index (χ3n) is 4.25. The summed E-state index contributed by atoms with van der Waals surface area (Å²) in [6.07, 6.45) is 1.40. The second-order valence-corrected chi connectivity index (χ2v) is 5.44. The van der Waals surface area contributed by atoms with Gasteiger partial charge >= 0.3 is 6.09 Å². The van der Waals surface area contributed by atoms with Gasteiger partial charge in [-0.1, -0.05) is 24.3 Å². The van der Waals surface area contributed by atoms with Crippen LogP contribution in [-0.2, 0) is 4.74 Å². The molecule has 0 spiro atoms. The maximum atomic E-state index is 10.7. The Morgan fingerprint density at radius 2 is 1.58 bits per heavy atom. The van der Waals surface area contributed by atoms with E-state index >= 15 is 0 Å². The Bertz CT molecular complexity index is 445. The SMILES string of the molecule is O=C(O)N1CC(c2ccc(C3CCOCC3)cc2)C1. The molecule has 0 atom stereocenters. The average Bonchev–Trinajstić information content (AvgIpc) is 2.38. The third-order valence-corrected chi connectivity index (χ3v) is 4.25. The summed E-state index contributed by atoms with van der Waals surface area (Å²) in [6.45, 7) is 2.99. The topological polar surface area (TPSA) is 49.8 Å². The molecule has 0 aliphatic carbocycles. The van der Waals surface area contributed by atoms with Gasteiger partial charge in [0.05, 0.1) is 0 Å². The minimum atomic E-state index is -0.810. The van der Waals surface area contributed by atoms with Gasteiger partial charge in [-0.15, -0.1) is 0 Å². The van der Waals surface area contributed by atoms with E-state index < -0.39 is 6.09 Å². The fourth-order valence-corrected chi connectivity index (χ4v) is 2.92. The summed E-state index contributed by atoms with van der Waals surface area (Å²) in [6, 6.07) is 8.73. The van der Waals surface area contributed by atoms with E-state index in [0.29, 0.717) is 24.9 Å². The first-order valence-corrected chi connectivity index (χ1v) is 6.89. The van der Waals surface area contributed by atoms with Crippen molar-refractivity contribution in [1.82, 2.24) is 4.90 Å². The fourth-order valence-electron chi connectivity index (χ4n) is 2.92. The van der Waals surface area contributed by atoms with Gasteiger partial charge in [-0.05, 0) is 29.9 Å². The summed E-state index contributed by atoms with van der Waals surface area (Å²) in [7, 11) is 0. The van der Waals surface area contributed by atoms with Crippen LogP contribution in [0.25, 0.3) is 0 Å². The van der Waals surface area contributed by atoms with E-state index in [-0.39, 0.29) is 0 Å². The number of carbonyl (C=O) groups is 1. The number of hydrogen-bond acceptors (Lipinski definition) is 2. The molecule has 1 aromatic carbocycles. The van der Waals surface area contributed by atoms with Gasteiger partial charge in [0.1, 0.15) is 0 Å². The summed E-state index contributed by atoms with van der Waals surface area (Å²) >= 11 is 0. The average molecular weight is 261 g/mol. The van der Waals surface area contributed by atoms with Crippen molar-refractivity contribution in [2.45, 2.75) is 24.7 Å². The number of hydrogen-bond donors (Lipinski definition) is 1. The lowest BCUT2D eigenvalue weighted by Crippen LogP contribution is -2.47. The molecule has 0 aromatic heterocycles. The van der Waals surface area contributed by atoms with Crippen molar-refractivity contribution < 1.29 is 14.6 Å². The van der Waals surface area contributed by atoms with Crippen LogP contribution in [0.1, 0.15) is 35.8 Å². The van der Waals surface area contributed by atoms with Crippen LogP contribution in [0.3, 0.4) is 0 Å². The molecule has 3 rings (SSSR count). The van der Waals surface area contributed by atoms with Crippen molar-refractivity contribution in [2.24, 2.45) is 0 Å². The smallest absolute Gasteiger partial charge is 0.407 e. The van der Waals surface area contributed by atoms with Gasteiger partial charge in [-0.3, -0.25) is 0 Å². The van der Waals surface area contributed by atoms with Crippen molar-refractivity contribution in [1.29, 1.82) is 0 Å². The number of ether oxygens (including phenoxy) is 1. The Kier molecular flexibility index (Phi) is 3.42. The van der Waals surface area contributed by atoms with Crippen LogP contribution in [0.15, 0.2) is 24.3 Å². The Balaban J connectivity index is 1.61. The molecule has 0 bridgehead atoms. The van der Waals surface area contributed by atoms with E-state index in [0.717, 1.165) is 26.1 Å². The lowest BCUT2D eigenvalue weighted by molar-refractivity contribution is 0.0853. The van der Waals surface area contributed by atoms with E-state index in [1.165, 1.54) is 16.0 Å². The molecule has 0 unspecified atom stereocenters. The van der Waals surface area contributed by atoms with Crippen molar-refractivity contribution in [3.63, 3.8) is 0 Å². The summed E-state index contributed by atoms with van der Waals surface area (Å²) in [5.41, 5.74) is 2.65. The van der Waals surface area contributed by atoms with Crippen LogP contribution in [0.4, 0.5) is 4.79 Å². The number of benzene rings is 1. The molecule has 1 aromatic rings. The van der Waals surface area contributed by atoms with E-state index in [1.807, 2.05) is 0 Å².